The average Bonchev–Trinajstić information content (AvgIpc) is 2.63. The Kier molecular flexibility index (Phi) is 6.16. The predicted octanol–water partition coefficient (Wildman–Crippen LogP) is 5.53. The van der Waals surface area contributed by atoms with Crippen LogP contribution < -0.4 is 5.56 Å². The van der Waals surface area contributed by atoms with Gasteiger partial charge >= 0.3 is 0 Å². The summed E-state index contributed by atoms with van der Waals surface area (Å²) >= 11 is 7.83. The van der Waals surface area contributed by atoms with Gasteiger partial charge in [-0.25, -0.2) is 4.98 Å². The summed E-state index contributed by atoms with van der Waals surface area (Å²) in [6, 6.07) is 15.3. The van der Waals surface area contributed by atoms with E-state index in [1.54, 1.807) is 11.8 Å². The van der Waals surface area contributed by atoms with E-state index >= 15 is 0 Å². The van der Waals surface area contributed by atoms with Crippen molar-refractivity contribution in [1.82, 2.24) is 9.55 Å². The van der Waals surface area contributed by atoms with Gasteiger partial charge in [0.05, 0.1) is 10.9 Å². The van der Waals surface area contributed by atoms with Gasteiger partial charge in [-0.2, -0.15) is 0 Å². The number of para-hydroxylation sites is 1. The van der Waals surface area contributed by atoms with Gasteiger partial charge in [0.25, 0.3) is 5.56 Å². The Morgan fingerprint density at radius 3 is 2.64 bits per heavy atom. The monoisotopic (exact) mass is 372 g/mol. The van der Waals surface area contributed by atoms with Gasteiger partial charge in [-0.15, -0.1) is 0 Å². The molecule has 0 bridgehead atoms. The number of unbranched alkanes of at least 4 members (excludes halogenated alkanes) is 2. The van der Waals surface area contributed by atoms with Crippen molar-refractivity contribution < 1.29 is 0 Å². The van der Waals surface area contributed by atoms with Crippen LogP contribution in [0.3, 0.4) is 0 Å². The molecule has 130 valence electrons. The molecule has 0 saturated carbocycles. The van der Waals surface area contributed by atoms with Crippen LogP contribution in [-0.2, 0) is 12.3 Å². The summed E-state index contributed by atoms with van der Waals surface area (Å²) in [6.45, 7) is 2.86. The summed E-state index contributed by atoms with van der Waals surface area (Å²) in [5.74, 6) is 0.693. The molecule has 25 heavy (non-hydrogen) atoms. The van der Waals surface area contributed by atoms with Gasteiger partial charge in [-0.3, -0.25) is 9.36 Å². The van der Waals surface area contributed by atoms with Crippen molar-refractivity contribution in [3.63, 3.8) is 0 Å². The molecule has 0 N–H and O–H groups in total. The van der Waals surface area contributed by atoms with E-state index in [4.69, 9.17) is 16.6 Å². The number of thioether (sulfide) groups is 1. The first-order valence-electron chi connectivity index (χ1n) is 8.56. The topological polar surface area (TPSA) is 34.9 Å². The molecule has 0 unspecified atom stereocenters. The molecule has 0 fully saturated rings. The number of halogens is 1. The zero-order valence-electron chi connectivity index (χ0n) is 14.2. The van der Waals surface area contributed by atoms with Crippen LogP contribution in [-0.4, -0.2) is 9.55 Å². The van der Waals surface area contributed by atoms with E-state index < -0.39 is 0 Å². The van der Waals surface area contributed by atoms with Crippen molar-refractivity contribution in [3.8, 4) is 0 Å². The van der Waals surface area contributed by atoms with Gasteiger partial charge in [0.2, 0.25) is 0 Å². The summed E-state index contributed by atoms with van der Waals surface area (Å²) in [6.07, 6.45) is 3.21. The smallest absolute Gasteiger partial charge is 0.262 e. The van der Waals surface area contributed by atoms with Crippen LogP contribution in [0.5, 0.6) is 0 Å². The zero-order chi connectivity index (χ0) is 17.6. The third kappa shape index (κ3) is 4.25. The van der Waals surface area contributed by atoms with E-state index in [0.29, 0.717) is 17.7 Å². The Morgan fingerprint density at radius 1 is 1.08 bits per heavy atom. The second-order valence-electron chi connectivity index (χ2n) is 5.96. The molecule has 0 aliphatic heterocycles. The number of hydrogen-bond acceptors (Lipinski definition) is 3. The molecule has 3 aromatic rings. The molecule has 1 aromatic heterocycles. The van der Waals surface area contributed by atoms with Gasteiger partial charge in [0.15, 0.2) is 5.16 Å². The molecule has 3 rings (SSSR count). The summed E-state index contributed by atoms with van der Waals surface area (Å²) < 4.78 is 1.82. The second-order valence-corrected chi connectivity index (χ2v) is 7.31. The molecule has 0 aliphatic carbocycles. The molecule has 1 heterocycles. The lowest BCUT2D eigenvalue weighted by molar-refractivity contribution is 0.541. The van der Waals surface area contributed by atoms with Crippen molar-refractivity contribution in [1.29, 1.82) is 0 Å². The highest BCUT2D eigenvalue weighted by molar-refractivity contribution is 7.98. The first kappa shape index (κ1) is 18.0. The van der Waals surface area contributed by atoms with Gasteiger partial charge in [-0.05, 0) is 30.2 Å². The maximum absolute atomic E-state index is 12.9. The molecule has 0 saturated heterocycles. The highest BCUT2D eigenvalue weighted by atomic mass is 35.5. The number of benzene rings is 2. The minimum atomic E-state index is 0.0448. The summed E-state index contributed by atoms with van der Waals surface area (Å²) in [5.41, 5.74) is 1.85. The van der Waals surface area contributed by atoms with Crippen LogP contribution in [0.2, 0.25) is 5.02 Å². The molecule has 2 aromatic carbocycles. The van der Waals surface area contributed by atoms with Gasteiger partial charge in [0.1, 0.15) is 0 Å². The van der Waals surface area contributed by atoms with Crippen LogP contribution in [0.15, 0.2) is 58.5 Å². The van der Waals surface area contributed by atoms with Crippen molar-refractivity contribution in [2.24, 2.45) is 0 Å². The minimum absolute atomic E-state index is 0.0448. The zero-order valence-corrected chi connectivity index (χ0v) is 15.8. The van der Waals surface area contributed by atoms with E-state index in [2.05, 4.69) is 6.92 Å². The van der Waals surface area contributed by atoms with Crippen molar-refractivity contribution in [2.75, 3.05) is 0 Å². The van der Waals surface area contributed by atoms with Crippen LogP contribution in [0, 0.1) is 0 Å². The van der Waals surface area contributed by atoms with E-state index in [-0.39, 0.29) is 5.56 Å². The number of nitrogens with zero attached hydrogens (tertiary/aromatic N) is 2. The quantitative estimate of drug-likeness (QED) is 0.310. The predicted molar refractivity (Wildman–Crippen MR) is 107 cm³/mol. The van der Waals surface area contributed by atoms with Crippen molar-refractivity contribution in [3.05, 3.63) is 69.5 Å². The number of hydrogen-bond donors (Lipinski definition) is 0. The molecule has 0 aliphatic rings. The fourth-order valence-electron chi connectivity index (χ4n) is 2.73. The van der Waals surface area contributed by atoms with Crippen LogP contribution in [0.25, 0.3) is 10.9 Å². The SMILES string of the molecule is CCCCCn1c(SCc2ccccc2Cl)nc2ccccc2c1=O. The maximum Gasteiger partial charge on any atom is 0.262 e. The Hall–Kier alpha value is -1.78. The van der Waals surface area contributed by atoms with Crippen molar-refractivity contribution in [2.45, 2.75) is 43.6 Å². The van der Waals surface area contributed by atoms with E-state index in [9.17, 15) is 4.79 Å². The fraction of sp³-hybridized carbons (Fsp3) is 0.300. The third-order valence-electron chi connectivity index (χ3n) is 4.13. The molecule has 5 heteroatoms. The van der Waals surface area contributed by atoms with Gasteiger partial charge < -0.3 is 0 Å². The minimum Gasteiger partial charge on any atom is -0.287 e. The van der Waals surface area contributed by atoms with Crippen LogP contribution in [0.4, 0.5) is 0 Å². The molecule has 0 amide bonds. The molecular weight excluding hydrogens is 352 g/mol. The van der Waals surface area contributed by atoms with Gasteiger partial charge in [-0.1, -0.05) is 73.5 Å². The van der Waals surface area contributed by atoms with Crippen LogP contribution in [0.1, 0.15) is 31.7 Å². The largest absolute Gasteiger partial charge is 0.287 e. The molecular formula is C20H21ClN2OS. The maximum atomic E-state index is 12.9. The first-order chi connectivity index (χ1) is 12.2. The van der Waals surface area contributed by atoms with Crippen molar-refractivity contribution >= 4 is 34.3 Å². The van der Waals surface area contributed by atoms with E-state index in [0.717, 1.165) is 40.5 Å². The average molecular weight is 373 g/mol. The lowest BCUT2D eigenvalue weighted by Crippen LogP contribution is -2.23. The summed E-state index contributed by atoms with van der Waals surface area (Å²) in [4.78, 5) is 17.6. The fourth-order valence-corrected chi connectivity index (χ4v) is 4.04. The molecule has 0 radical (unpaired) electrons. The number of rotatable bonds is 7. The lowest BCUT2D eigenvalue weighted by Gasteiger charge is -2.13. The number of fused-ring (bicyclic) bond motifs is 1. The normalized spacial score (nSPS) is 11.1. The summed E-state index contributed by atoms with van der Waals surface area (Å²) in [7, 11) is 0. The molecule has 0 spiro atoms. The second kappa shape index (κ2) is 8.54. The van der Waals surface area contributed by atoms with E-state index in [1.165, 1.54) is 0 Å². The Labute approximate surface area is 157 Å². The standard InChI is InChI=1S/C20H21ClN2OS/c1-2-3-8-13-23-19(24)16-10-5-7-12-18(16)22-20(23)25-14-15-9-4-6-11-17(15)21/h4-7,9-12H,2-3,8,13-14H2,1H3. The van der Waals surface area contributed by atoms with E-state index in [1.807, 2.05) is 53.1 Å². The highest BCUT2D eigenvalue weighted by Crippen LogP contribution is 2.26. The Balaban J connectivity index is 1.95. The highest BCUT2D eigenvalue weighted by Gasteiger charge is 2.12. The Bertz CT molecular complexity index is 923. The third-order valence-corrected chi connectivity index (χ3v) is 5.52. The Morgan fingerprint density at radius 2 is 1.84 bits per heavy atom. The number of aromatic nitrogens is 2. The molecule has 3 nitrogen and oxygen atoms in total. The lowest BCUT2D eigenvalue weighted by atomic mass is 10.2. The first-order valence-corrected chi connectivity index (χ1v) is 9.93. The van der Waals surface area contributed by atoms with Gasteiger partial charge in [0, 0.05) is 17.3 Å². The van der Waals surface area contributed by atoms with Crippen LogP contribution >= 0.6 is 23.4 Å². The molecule has 0 atom stereocenters. The summed E-state index contributed by atoms with van der Waals surface area (Å²) in [5, 5.41) is 2.19.